The van der Waals surface area contributed by atoms with Crippen molar-refractivity contribution in [2.45, 2.75) is 20.8 Å². The van der Waals surface area contributed by atoms with E-state index in [9.17, 15) is 0 Å². The fraction of sp³-hybridized carbons (Fsp3) is 0.238. The van der Waals surface area contributed by atoms with Gasteiger partial charge in [0.15, 0.2) is 17.2 Å². The molecular formula is C21H21N5O3. The van der Waals surface area contributed by atoms with Gasteiger partial charge in [0, 0.05) is 5.56 Å². The van der Waals surface area contributed by atoms with E-state index in [1.807, 2.05) is 19.1 Å². The second-order valence-corrected chi connectivity index (χ2v) is 6.70. The van der Waals surface area contributed by atoms with Gasteiger partial charge in [-0.1, -0.05) is 16.4 Å². The fourth-order valence-electron chi connectivity index (χ4n) is 3.04. The van der Waals surface area contributed by atoms with Crippen LogP contribution in [0, 0.1) is 20.8 Å². The summed E-state index contributed by atoms with van der Waals surface area (Å²) in [6.45, 7) is 6.07. The van der Waals surface area contributed by atoms with E-state index in [0.717, 1.165) is 16.9 Å². The van der Waals surface area contributed by atoms with Crippen molar-refractivity contribution in [2.75, 3.05) is 14.2 Å². The van der Waals surface area contributed by atoms with Crippen molar-refractivity contribution in [2.24, 2.45) is 0 Å². The molecule has 0 aliphatic rings. The lowest BCUT2D eigenvalue weighted by atomic mass is 10.1. The maximum Gasteiger partial charge on any atom is 0.280 e. The molecule has 0 atom stereocenters. The summed E-state index contributed by atoms with van der Waals surface area (Å²) in [5.41, 5.74) is 5.45. The van der Waals surface area contributed by atoms with Crippen LogP contribution >= 0.6 is 0 Å². The zero-order valence-electron chi connectivity index (χ0n) is 16.9. The molecule has 8 heteroatoms. The van der Waals surface area contributed by atoms with E-state index in [1.165, 1.54) is 11.1 Å². The highest BCUT2D eigenvalue weighted by Gasteiger charge is 2.19. The molecule has 0 unspecified atom stereocenters. The van der Waals surface area contributed by atoms with Gasteiger partial charge in [0.1, 0.15) is 0 Å². The molecule has 0 fully saturated rings. The molecule has 2 heterocycles. The Balaban J connectivity index is 1.69. The van der Waals surface area contributed by atoms with Gasteiger partial charge in [-0.3, -0.25) is 0 Å². The van der Waals surface area contributed by atoms with Gasteiger partial charge in [-0.15, -0.1) is 5.10 Å². The first-order valence-electron chi connectivity index (χ1n) is 9.08. The van der Waals surface area contributed by atoms with Crippen LogP contribution in [0.1, 0.15) is 16.8 Å². The largest absolute Gasteiger partial charge is 0.493 e. The molecule has 0 spiro atoms. The van der Waals surface area contributed by atoms with Crippen molar-refractivity contribution in [3.63, 3.8) is 0 Å². The Morgan fingerprint density at radius 2 is 1.69 bits per heavy atom. The molecule has 0 amide bonds. The first-order chi connectivity index (χ1) is 14.0. The summed E-state index contributed by atoms with van der Waals surface area (Å²) in [6, 6.07) is 11.6. The summed E-state index contributed by atoms with van der Waals surface area (Å²) >= 11 is 0. The van der Waals surface area contributed by atoms with Crippen LogP contribution in [0.4, 0.5) is 0 Å². The molecule has 0 aliphatic heterocycles. The van der Waals surface area contributed by atoms with E-state index < -0.39 is 0 Å². The van der Waals surface area contributed by atoms with Crippen LogP contribution in [-0.2, 0) is 0 Å². The van der Waals surface area contributed by atoms with Crippen molar-refractivity contribution in [3.8, 4) is 40.2 Å². The van der Waals surface area contributed by atoms with Crippen LogP contribution in [0.2, 0.25) is 0 Å². The summed E-state index contributed by atoms with van der Waals surface area (Å²) in [6.07, 6.45) is 0. The first-order valence-corrected chi connectivity index (χ1v) is 9.08. The molecule has 0 radical (unpaired) electrons. The van der Waals surface area contributed by atoms with E-state index in [-0.39, 0.29) is 0 Å². The third kappa shape index (κ3) is 3.33. The molecule has 2 aromatic carbocycles. The topological polar surface area (TPSA) is 88.1 Å². The average Bonchev–Trinajstić information content (AvgIpc) is 3.36. The van der Waals surface area contributed by atoms with Gasteiger partial charge in [0.2, 0.25) is 5.82 Å². The van der Waals surface area contributed by atoms with Gasteiger partial charge in [-0.2, -0.15) is 4.98 Å². The standard InChI is InChI=1S/C21H21N5O3/c1-12-6-8-16(10-13(12)2)26-14(3)19(23-25-26)21-22-20(24-29-21)15-7-9-17(27-4)18(11-15)28-5/h6-11H,1-5H3. The lowest BCUT2D eigenvalue weighted by Crippen LogP contribution is -2.00. The van der Waals surface area contributed by atoms with E-state index >= 15 is 0 Å². The van der Waals surface area contributed by atoms with Gasteiger partial charge < -0.3 is 14.0 Å². The molecule has 0 N–H and O–H groups in total. The van der Waals surface area contributed by atoms with Gasteiger partial charge >= 0.3 is 0 Å². The number of benzene rings is 2. The van der Waals surface area contributed by atoms with Crippen LogP contribution in [0.25, 0.3) is 28.7 Å². The van der Waals surface area contributed by atoms with Gasteiger partial charge in [0.05, 0.1) is 25.6 Å². The number of aromatic nitrogens is 5. The average molecular weight is 391 g/mol. The molecule has 29 heavy (non-hydrogen) atoms. The Morgan fingerprint density at radius 3 is 2.41 bits per heavy atom. The summed E-state index contributed by atoms with van der Waals surface area (Å²) in [7, 11) is 3.17. The molecule has 2 aromatic heterocycles. The molecule has 0 saturated carbocycles. The second-order valence-electron chi connectivity index (χ2n) is 6.70. The molecule has 4 aromatic rings. The molecule has 0 bridgehead atoms. The fourth-order valence-corrected chi connectivity index (χ4v) is 3.04. The zero-order chi connectivity index (χ0) is 20.5. The number of aryl methyl sites for hydroxylation is 2. The second kappa shape index (κ2) is 7.38. The van der Waals surface area contributed by atoms with Gasteiger partial charge in [-0.25, -0.2) is 4.68 Å². The Kier molecular flexibility index (Phi) is 4.75. The van der Waals surface area contributed by atoms with Crippen molar-refractivity contribution >= 4 is 0 Å². The maximum absolute atomic E-state index is 5.46. The highest BCUT2D eigenvalue weighted by molar-refractivity contribution is 5.63. The van der Waals surface area contributed by atoms with Crippen LogP contribution < -0.4 is 9.47 Å². The monoisotopic (exact) mass is 391 g/mol. The Hall–Kier alpha value is -3.68. The minimum Gasteiger partial charge on any atom is -0.493 e. The molecular weight excluding hydrogens is 370 g/mol. The van der Waals surface area contributed by atoms with E-state index in [0.29, 0.717) is 28.9 Å². The number of methoxy groups -OCH3 is 2. The van der Waals surface area contributed by atoms with Crippen molar-refractivity contribution in [3.05, 3.63) is 53.2 Å². The predicted octanol–water partition coefficient (Wildman–Crippen LogP) is 3.93. The first kappa shape index (κ1) is 18.7. The lowest BCUT2D eigenvalue weighted by Gasteiger charge is -2.07. The number of ether oxygens (including phenoxy) is 2. The third-order valence-electron chi connectivity index (χ3n) is 4.90. The maximum atomic E-state index is 5.46. The van der Waals surface area contributed by atoms with Crippen molar-refractivity contribution in [1.82, 2.24) is 25.1 Å². The zero-order valence-corrected chi connectivity index (χ0v) is 16.9. The lowest BCUT2D eigenvalue weighted by molar-refractivity contribution is 0.355. The number of rotatable bonds is 5. The number of hydrogen-bond donors (Lipinski definition) is 0. The van der Waals surface area contributed by atoms with E-state index in [4.69, 9.17) is 14.0 Å². The summed E-state index contributed by atoms with van der Waals surface area (Å²) in [4.78, 5) is 4.49. The number of nitrogens with zero attached hydrogens (tertiary/aromatic N) is 5. The summed E-state index contributed by atoms with van der Waals surface area (Å²) in [5, 5.41) is 12.6. The number of hydrogen-bond acceptors (Lipinski definition) is 7. The Labute approximate surface area is 168 Å². The van der Waals surface area contributed by atoms with Crippen LogP contribution in [-0.4, -0.2) is 39.4 Å². The molecule has 8 nitrogen and oxygen atoms in total. The smallest absolute Gasteiger partial charge is 0.280 e. The third-order valence-corrected chi connectivity index (χ3v) is 4.90. The van der Waals surface area contributed by atoms with Gasteiger partial charge in [-0.05, 0) is 62.2 Å². The molecule has 0 aliphatic carbocycles. The molecule has 4 rings (SSSR count). The van der Waals surface area contributed by atoms with Crippen LogP contribution in [0.15, 0.2) is 40.9 Å². The highest BCUT2D eigenvalue weighted by Crippen LogP contribution is 2.32. The summed E-state index contributed by atoms with van der Waals surface area (Å²) in [5.74, 6) is 1.96. The van der Waals surface area contributed by atoms with Gasteiger partial charge in [0.25, 0.3) is 5.89 Å². The Morgan fingerprint density at radius 1 is 0.897 bits per heavy atom. The van der Waals surface area contributed by atoms with Crippen molar-refractivity contribution in [1.29, 1.82) is 0 Å². The predicted molar refractivity (Wildman–Crippen MR) is 107 cm³/mol. The minimum atomic E-state index is 0.308. The highest BCUT2D eigenvalue weighted by atomic mass is 16.5. The van der Waals surface area contributed by atoms with Crippen LogP contribution in [0.5, 0.6) is 11.5 Å². The molecule has 0 saturated heterocycles. The normalized spacial score (nSPS) is 10.9. The minimum absolute atomic E-state index is 0.308. The quantitative estimate of drug-likeness (QED) is 0.509. The SMILES string of the molecule is COc1ccc(-c2noc(-c3nnn(-c4ccc(C)c(C)c4)c3C)n2)cc1OC. The summed E-state index contributed by atoms with van der Waals surface area (Å²) < 4.78 is 17.8. The van der Waals surface area contributed by atoms with E-state index in [1.54, 1.807) is 31.0 Å². The molecule has 148 valence electrons. The van der Waals surface area contributed by atoms with Crippen LogP contribution in [0.3, 0.4) is 0 Å². The Bertz CT molecular complexity index is 1180. The van der Waals surface area contributed by atoms with E-state index in [2.05, 4.69) is 46.4 Å². The van der Waals surface area contributed by atoms with Crippen molar-refractivity contribution < 1.29 is 14.0 Å².